The standard InChI is InChI=1S/C13H11ClF3N3/c1-5-2-3-6(15)12(10(5)16)20-13-8(19)4-7(18)9(14)11(13)17/h2-4,20H,18-19H2,1H3. The van der Waals surface area contributed by atoms with Crippen LogP contribution in [0.1, 0.15) is 5.56 Å². The quantitative estimate of drug-likeness (QED) is 0.735. The first-order valence-electron chi connectivity index (χ1n) is 5.57. The van der Waals surface area contributed by atoms with Gasteiger partial charge in [0.05, 0.1) is 17.1 Å². The van der Waals surface area contributed by atoms with E-state index < -0.39 is 23.1 Å². The van der Waals surface area contributed by atoms with Gasteiger partial charge in [-0.05, 0) is 24.6 Å². The van der Waals surface area contributed by atoms with Gasteiger partial charge in [0.2, 0.25) is 0 Å². The zero-order valence-corrected chi connectivity index (χ0v) is 11.2. The Morgan fingerprint density at radius 3 is 2.30 bits per heavy atom. The van der Waals surface area contributed by atoms with Gasteiger partial charge in [-0.1, -0.05) is 17.7 Å². The molecule has 3 nitrogen and oxygen atoms in total. The summed E-state index contributed by atoms with van der Waals surface area (Å²) in [7, 11) is 0. The van der Waals surface area contributed by atoms with Crippen molar-refractivity contribution in [3.8, 4) is 0 Å². The highest BCUT2D eigenvalue weighted by Gasteiger charge is 2.18. The molecule has 2 aromatic carbocycles. The van der Waals surface area contributed by atoms with Crippen molar-refractivity contribution in [3.05, 3.63) is 46.2 Å². The molecular formula is C13H11ClF3N3. The molecular weight excluding hydrogens is 291 g/mol. The molecule has 106 valence electrons. The Hall–Kier alpha value is -2.08. The molecule has 0 heterocycles. The van der Waals surface area contributed by atoms with Crippen molar-refractivity contribution in [2.24, 2.45) is 0 Å². The van der Waals surface area contributed by atoms with Gasteiger partial charge < -0.3 is 16.8 Å². The summed E-state index contributed by atoms with van der Waals surface area (Å²) >= 11 is 5.65. The van der Waals surface area contributed by atoms with Crippen molar-refractivity contribution >= 4 is 34.4 Å². The van der Waals surface area contributed by atoms with E-state index >= 15 is 0 Å². The Balaban J connectivity index is 2.57. The second kappa shape index (κ2) is 5.13. The Morgan fingerprint density at radius 1 is 1.00 bits per heavy atom. The van der Waals surface area contributed by atoms with Crippen molar-refractivity contribution < 1.29 is 13.2 Å². The number of anilines is 4. The van der Waals surface area contributed by atoms with Crippen LogP contribution in [-0.4, -0.2) is 0 Å². The van der Waals surface area contributed by atoms with Crippen LogP contribution >= 0.6 is 11.6 Å². The van der Waals surface area contributed by atoms with E-state index in [2.05, 4.69) is 5.32 Å². The molecule has 0 aliphatic carbocycles. The summed E-state index contributed by atoms with van der Waals surface area (Å²) in [6, 6.07) is 3.54. The van der Waals surface area contributed by atoms with Crippen molar-refractivity contribution in [3.63, 3.8) is 0 Å². The number of halogens is 4. The van der Waals surface area contributed by atoms with Gasteiger partial charge in [-0.2, -0.15) is 0 Å². The second-order valence-electron chi connectivity index (χ2n) is 4.24. The van der Waals surface area contributed by atoms with Gasteiger partial charge in [0.25, 0.3) is 0 Å². The number of nitrogens with two attached hydrogens (primary N) is 2. The Kier molecular flexibility index (Phi) is 3.67. The molecule has 0 saturated heterocycles. The maximum Gasteiger partial charge on any atom is 0.169 e. The molecule has 0 fully saturated rings. The summed E-state index contributed by atoms with van der Waals surface area (Å²) in [5.41, 5.74) is 10.2. The van der Waals surface area contributed by atoms with Crippen molar-refractivity contribution in [1.82, 2.24) is 0 Å². The first-order chi connectivity index (χ1) is 9.32. The fraction of sp³-hybridized carbons (Fsp3) is 0.0769. The van der Waals surface area contributed by atoms with Gasteiger partial charge in [0.1, 0.15) is 16.5 Å². The van der Waals surface area contributed by atoms with Crippen LogP contribution in [0.5, 0.6) is 0 Å². The van der Waals surface area contributed by atoms with E-state index in [1.54, 1.807) is 0 Å². The number of benzene rings is 2. The summed E-state index contributed by atoms with van der Waals surface area (Å²) in [6.07, 6.45) is 0. The van der Waals surface area contributed by atoms with Crippen molar-refractivity contribution in [1.29, 1.82) is 0 Å². The van der Waals surface area contributed by atoms with E-state index in [1.807, 2.05) is 0 Å². The van der Waals surface area contributed by atoms with Crippen molar-refractivity contribution in [2.75, 3.05) is 16.8 Å². The van der Waals surface area contributed by atoms with E-state index in [1.165, 1.54) is 19.1 Å². The van der Waals surface area contributed by atoms with Crippen LogP contribution in [0.25, 0.3) is 0 Å². The zero-order valence-electron chi connectivity index (χ0n) is 10.4. The van der Waals surface area contributed by atoms with Crippen molar-refractivity contribution in [2.45, 2.75) is 6.92 Å². The molecule has 0 aliphatic heterocycles. The molecule has 2 rings (SSSR count). The van der Waals surface area contributed by atoms with E-state index in [-0.39, 0.29) is 27.6 Å². The van der Waals surface area contributed by atoms with E-state index in [9.17, 15) is 13.2 Å². The van der Waals surface area contributed by atoms with Gasteiger partial charge in [0.15, 0.2) is 11.6 Å². The van der Waals surface area contributed by atoms with Crippen LogP contribution in [0, 0.1) is 24.4 Å². The van der Waals surface area contributed by atoms with Crippen LogP contribution < -0.4 is 16.8 Å². The first-order valence-corrected chi connectivity index (χ1v) is 5.95. The highest BCUT2D eigenvalue weighted by Crippen LogP contribution is 2.36. The monoisotopic (exact) mass is 301 g/mol. The summed E-state index contributed by atoms with van der Waals surface area (Å²) in [4.78, 5) is 0. The Morgan fingerprint density at radius 2 is 1.65 bits per heavy atom. The highest BCUT2D eigenvalue weighted by molar-refractivity contribution is 6.33. The molecule has 7 heteroatoms. The summed E-state index contributed by atoms with van der Waals surface area (Å²) in [5, 5.41) is 1.93. The molecule has 5 N–H and O–H groups in total. The zero-order chi connectivity index (χ0) is 15.0. The molecule has 0 radical (unpaired) electrons. The molecule has 0 atom stereocenters. The van der Waals surface area contributed by atoms with Crippen LogP contribution in [0.4, 0.5) is 35.9 Å². The fourth-order valence-electron chi connectivity index (χ4n) is 1.69. The number of nitrogen functional groups attached to an aromatic ring is 2. The molecule has 0 unspecified atom stereocenters. The van der Waals surface area contributed by atoms with Crippen LogP contribution in [0.3, 0.4) is 0 Å². The second-order valence-corrected chi connectivity index (χ2v) is 4.61. The Labute approximate surface area is 118 Å². The van der Waals surface area contributed by atoms with E-state index in [4.69, 9.17) is 23.1 Å². The minimum atomic E-state index is -0.968. The van der Waals surface area contributed by atoms with Crippen LogP contribution in [-0.2, 0) is 0 Å². The predicted octanol–water partition coefficient (Wildman–Crippen LogP) is 3.97. The number of rotatable bonds is 2. The third-order valence-corrected chi connectivity index (χ3v) is 3.18. The normalized spacial score (nSPS) is 10.7. The van der Waals surface area contributed by atoms with Gasteiger partial charge in [-0.25, -0.2) is 13.2 Å². The molecule has 0 bridgehead atoms. The molecule has 0 aliphatic rings. The summed E-state index contributed by atoms with van der Waals surface area (Å²) in [6.45, 7) is 1.45. The van der Waals surface area contributed by atoms with Gasteiger partial charge in [-0.15, -0.1) is 0 Å². The van der Waals surface area contributed by atoms with Crippen LogP contribution in [0.2, 0.25) is 5.02 Å². The average Bonchev–Trinajstić information content (AvgIpc) is 2.40. The third kappa shape index (κ3) is 2.34. The van der Waals surface area contributed by atoms with Crippen LogP contribution in [0.15, 0.2) is 18.2 Å². The number of aryl methyl sites for hydroxylation is 1. The molecule has 0 saturated carbocycles. The summed E-state index contributed by atoms with van der Waals surface area (Å²) < 4.78 is 41.5. The van der Waals surface area contributed by atoms with E-state index in [0.29, 0.717) is 0 Å². The Bertz CT molecular complexity index is 689. The molecule has 0 aromatic heterocycles. The third-order valence-electron chi connectivity index (χ3n) is 2.80. The lowest BCUT2D eigenvalue weighted by molar-refractivity contribution is 0.583. The molecule has 0 amide bonds. The number of nitrogens with one attached hydrogen (secondary N) is 1. The van der Waals surface area contributed by atoms with Gasteiger partial charge in [0, 0.05) is 0 Å². The largest absolute Gasteiger partial charge is 0.397 e. The maximum atomic E-state index is 14.0. The molecule has 20 heavy (non-hydrogen) atoms. The van der Waals surface area contributed by atoms with Gasteiger partial charge in [-0.3, -0.25) is 0 Å². The number of hydrogen-bond acceptors (Lipinski definition) is 3. The topological polar surface area (TPSA) is 64.1 Å². The highest BCUT2D eigenvalue weighted by atomic mass is 35.5. The molecule has 2 aromatic rings. The van der Waals surface area contributed by atoms with E-state index in [0.717, 1.165) is 6.07 Å². The molecule has 0 spiro atoms. The smallest absolute Gasteiger partial charge is 0.169 e. The average molecular weight is 302 g/mol. The summed E-state index contributed by atoms with van der Waals surface area (Å²) in [5.74, 6) is -2.68. The maximum absolute atomic E-state index is 14.0. The number of hydrogen-bond donors (Lipinski definition) is 3. The fourth-order valence-corrected chi connectivity index (χ4v) is 1.84. The lowest BCUT2D eigenvalue weighted by Crippen LogP contribution is -2.06. The van der Waals surface area contributed by atoms with Gasteiger partial charge >= 0.3 is 0 Å². The predicted molar refractivity (Wildman–Crippen MR) is 74.6 cm³/mol. The lowest BCUT2D eigenvalue weighted by Gasteiger charge is -2.14. The minimum absolute atomic E-state index is 0.0580. The minimum Gasteiger partial charge on any atom is -0.397 e. The SMILES string of the molecule is Cc1ccc(F)c(Nc2c(N)cc(N)c(Cl)c2F)c1F. The first kappa shape index (κ1) is 14.3. The lowest BCUT2D eigenvalue weighted by atomic mass is 10.1.